The molecule has 0 radical (unpaired) electrons. The number of nitrogens with one attached hydrogen (secondary N) is 1. The third kappa shape index (κ3) is 4.74. The number of thioether (sulfide) groups is 1. The van der Waals surface area contributed by atoms with Crippen molar-refractivity contribution in [3.05, 3.63) is 82.6 Å². The van der Waals surface area contributed by atoms with Gasteiger partial charge in [-0.2, -0.15) is 0 Å². The number of para-hydroxylation sites is 1. The molecule has 2 aromatic carbocycles. The van der Waals surface area contributed by atoms with Gasteiger partial charge in [0.15, 0.2) is 11.0 Å². The molecule has 0 fully saturated rings. The van der Waals surface area contributed by atoms with Crippen LogP contribution in [0.2, 0.25) is 10.0 Å². The monoisotopic (exact) mass is 469 g/mol. The number of carbonyl (C=O) groups excluding carboxylic acids is 1. The largest absolute Gasteiger partial charge is 0.324 e. The van der Waals surface area contributed by atoms with Crippen molar-refractivity contribution in [2.45, 2.75) is 12.1 Å². The third-order valence-corrected chi connectivity index (χ3v) is 6.23. The summed E-state index contributed by atoms with van der Waals surface area (Å²) >= 11 is 13.5. The van der Waals surface area contributed by atoms with E-state index in [4.69, 9.17) is 23.2 Å². The maximum Gasteiger partial charge on any atom is 0.234 e. The van der Waals surface area contributed by atoms with Gasteiger partial charge in [-0.25, -0.2) is 0 Å². The Balaban J connectivity index is 1.61. The summed E-state index contributed by atoms with van der Waals surface area (Å²) in [7, 11) is 0. The Labute approximate surface area is 193 Å². The number of pyridine rings is 1. The maximum absolute atomic E-state index is 12.5. The van der Waals surface area contributed by atoms with Crippen LogP contribution in [-0.4, -0.2) is 31.4 Å². The molecule has 31 heavy (non-hydrogen) atoms. The lowest BCUT2D eigenvalue weighted by molar-refractivity contribution is -0.113. The Bertz CT molecular complexity index is 1230. The third-order valence-electron chi connectivity index (χ3n) is 4.49. The van der Waals surface area contributed by atoms with Gasteiger partial charge in [-0.1, -0.05) is 59.2 Å². The van der Waals surface area contributed by atoms with Gasteiger partial charge in [0, 0.05) is 18.0 Å². The molecule has 0 aliphatic heterocycles. The van der Waals surface area contributed by atoms with Crippen molar-refractivity contribution in [1.82, 2.24) is 19.7 Å². The molecule has 4 rings (SSSR count). The average Bonchev–Trinajstić information content (AvgIpc) is 3.20. The lowest BCUT2D eigenvalue weighted by Gasteiger charge is -2.13. The summed E-state index contributed by atoms with van der Waals surface area (Å²) in [6, 6.07) is 16.8. The number of rotatable bonds is 6. The number of hydrogen-bond acceptors (Lipinski definition) is 5. The number of halogens is 2. The van der Waals surface area contributed by atoms with Crippen molar-refractivity contribution in [3.63, 3.8) is 0 Å². The Morgan fingerprint density at radius 3 is 2.58 bits per heavy atom. The summed E-state index contributed by atoms with van der Waals surface area (Å²) in [6.07, 6.45) is 3.42. The van der Waals surface area contributed by atoms with Crippen LogP contribution < -0.4 is 5.32 Å². The average molecular weight is 470 g/mol. The Kier molecular flexibility index (Phi) is 6.56. The number of hydrogen-bond donors (Lipinski definition) is 1. The summed E-state index contributed by atoms with van der Waals surface area (Å²) < 4.78 is 1.95. The van der Waals surface area contributed by atoms with E-state index in [-0.39, 0.29) is 11.7 Å². The van der Waals surface area contributed by atoms with Crippen LogP contribution in [0.1, 0.15) is 5.56 Å². The van der Waals surface area contributed by atoms with Crippen LogP contribution >= 0.6 is 35.0 Å². The number of nitrogens with zero attached hydrogens (tertiary/aromatic N) is 4. The van der Waals surface area contributed by atoms with E-state index in [0.29, 0.717) is 26.7 Å². The van der Waals surface area contributed by atoms with E-state index in [2.05, 4.69) is 20.5 Å². The molecule has 1 N–H and O–H groups in total. The normalized spacial score (nSPS) is 10.8. The van der Waals surface area contributed by atoms with Gasteiger partial charge < -0.3 is 5.32 Å². The predicted molar refractivity (Wildman–Crippen MR) is 125 cm³/mol. The van der Waals surface area contributed by atoms with Crippen LogP contribution in [0.4, 0.5) is 5.69 Å². The first-order chi connectivity index (χ1) is 15.0. The number of aryl methyl sites for hydroxylation is 1. The van der Waals surface area contributed by atoms with Gasteiger partial charge in [-0.3, -0.25) is 14.3 Å². The molecule has 0 bridgehead atoms. The highest BCUT2D eigenvalue weighted by atomic mass is 35.5. The van der Waals surface area contributed by atoms with Crippen LogP contribution in [0.15, 0.2) is 72.1 Å². The first-order valence-electron chi connectivity index (χ1n) is 9.33. The Hall–Kier alpha value is -2.87. The van der Waals surface area contributed by atoms with E-state index in [0.717, 1.165) is 16.8 Å². The number of aromatic nitrogens is 4. The Morgan fingerprint density at radius 1 is 1.03 bits per heavy atom. The molecule has 4 aromatic rings. The number of benzene rings is 2. The molecule has 0 saturated heterocycles. The van der Waals surface area contributed by atoms with Gasteiger partial charge in [0.2, 0.25) is 5.91 Å². The minimum absolute atomic E-state index is 0.128. The molecule has 0 atom stereocenters. The zero-order chi connectivity index (χ0) is 21.8. The minimum atomic E-state index is -0.223. The summed E-state index contributed by atoms with van der Waals surface area (Å²) in [4.78, 5) is 16.6. The smallest absolute Gasteiger partial charge is 0.234 e. The SMILES string of the molecule is Cc1ccccc1-n1c(SCC(=O)Nc2cccc(Cl)c2Cl)nnc1-c1ccncc1. The second-order valence-electron chi connectivity index (χ2n) is 6.60. The predicted octanol–water partition coefficient (Wildman–Crippen LogP) is 5.68. The molecule has 0 aliphatic carbocycles. The molecule has 0 aliphatic rings. The van der Waals surface area contributed by atoms with Crippen molar-refractivity contribution >= 4 is 46.6 Å². The van der Waals surface area contributed by atoms with E-state index in [9.17, 15) is 4.79 Å². The standard InChI is InChI=1S/C22H17Cl2N5OS/c1-14-5-2-3-8-18(14)29-21(15-9-11-25-12-10-15)27-28-22(29)31-13-19(30)26-17-7-4-6-16(23)20(17)24/h2-12H,13H2,1H3,(H,26,30). The van der Waals surface area contributed by atoms with Crippen LogP contribution in [0.5, 0.6) is 0 Å². The van der Waals surface area contributed by atoms with Crippen molar-refractivity contribution in [2.75, 3.05) is 11.1 Å². The van der Waals surface area contributed by atoms with Gasteiger partial charge in [0.05, 0.1) is 27.2 Å². The summed E-state index contributed by atoms with van der Waals surface area (Å²) in [5.41, 5.74) is 3.36. The molecule has 2 heterocycles. The van der Waals surface area contributed by atoms with Gasteiger partial charge in [0.25, 0.3) is 0 Å². The van der Waals surface area contributed by atoms with Gasteiger partial charge in [-0.05, 0) is 42.8 Å². The van der Waals surface area contributed by atoms with Crippen molar-refractivity contribution < 1.29 is 4.79 Å². The van der Waals surface area contributed by atoms with E-state index in [1.54, 1.807) is 30.6 Å². The van der Waals surface area contributed by atoms with Crippen molar-refractivity contribution in [1.29, 1.82) is 0 Å². The fourth-order valence-electron chi connectivity index (χ4n) is 3.00. The van der Waals surface area contributed by atoms with Crippen LogP contribution in [0.25, 0.3) is 17.1 Å². The van der Waals surface area contributed by atoms with E-state index in [1.165, 1.54) is 11.8 Å². The molecule has 2 aromatic heterocycles. The number of amides is 1. The highest BCUT2D eigenvalue weighted by molar-refractivity contribution is 7.99. The van der Waals surface area contributed by atoms with E-state index in [1.807, 2.05) is 47.9 Å². The molecule has 0 unspecified atom stereocenters. The summed E-state index contributed by atoms with van der Waals surface area (Å²) in [6.45, 7) is 2.02. The number of anilines is 1. The lowest BCUT2D eigenvalue weighted by Crippen LogP contribution is -2.15. The van der Waals surface area contributed by atoms with Crippen LogP contribution in [0.3, 0.4) is 0 Å². The fraction of sp³-hybridized carbons (Fsp3) is 0.0909. The second kappa shape index (κ2) is 9.51. The van der Waals surface area contributed by atoms with Crippen LogP contribution in [0, 0.1) is 6.92 Å². The first-order valence-corrected chi connectivity index (χ1v) is 11.1. The van der Waals surface area contributed by atoms with Crippen molar-refractivity contribution in [3.8, 4) is 17.1 Å². The topological polar surface area (TPSA) is 72.7 Å². The fourth-order valence-corrected chi connectivity index (χ4v) is 4.09. The minimum Gasteiger partial charge on any atom is -0.324 e. The molecule has 6 nitrogen and oxygen atoms in total. The molecule has 0 spiro atoms. The van der Waals surface area contributed by atoms with Gasteiger partial charge >= 0.3 is 0 Å². The Morgan fingerprint density at radius 2 is 1.81 bits per heavy atom. The quantitative estimate of drug-likeness (QED) is 0.368. The summed E-state index contributed by atoms with van der Waals surface area (Å²) in [5, 5.41) is 12.8. The molecule has 1 amide bonds. The molecular formula is C22H17Cl2N5OS. The lowest BCUT2D eigenvalue weighted by atomic mass is 10.2. The second-order valence-corrected chi connectivity index (χ2v) is 8.33. The highest BCUT2D eigenvalue weighted by Crippen LogP contribution is 2.31. The first kappa shape index (κ1) is 21.4. The number of carbonyl (C=O) groups is 1. The zero-order valence-electron chi connectivity index (χ0n) is 16.4. The van der Waals surface area contributed by atoms with Gasteiger partial charge in [-0.15, -0.1) is 10.2 Å². The maximum atomic E-state index is 12.5. The summed E-state index contributed by atoms with van der Waals surface area (Å²) in [5.74, 6) is 0.583. The van der Waals surface area contributed by atoms with E-state index >= 15 is 0 Å². The molecular weight excluding hydrogens is 453 g/mol. The zero-order valence-corrected chi connectivity index (χ0v) is 18.7. The molecule has 0 saturated carbocycles. The van der Waals surface area contributed by atoms with Crippen LogP contribution in [-0.2, 0) is 4.79 Å². The van der Waals surface area contributed by atoms with Gasteiger partial charge in [0.1, 0.15) is 0 Å². The molecule has 9 heteroatoms. The van der Waals surface area contributed by atoms with E-state index < -0.39 is 0 Å². The molecule has 156 valence electrons. The van der Waals surface area contributed by atoms with Crippen molar-refractivity contribution in [2.24, 2.45) is 0 Å². The highest BCUT2D eigenvalue weighted by Gasteiger charge is 2.18.